The second kappa shape index (κ2) is 7.73. The molecule has 2 rings (SSSR count). The van der Waals surface area contributed by atoms with Crippen LogP contribution < -0.4 is 16.6 Å². The number of nitrogens with one attached hydrogen (secondary N) is 2. The van der Waals surface area contributed by atoms with Gasteiger partial charge in [0.05, 0.1) is 6.54 Å². The number of hydrogen-bond donors (Lipinski definition) is 2. The molecular formula is C14H21N5O4. The van der Waals surface area contributed by atoms with E-state index < -0.39 is 11.2 Å². The first-order valence-electron chi connectivity index (χ1n) is 7.56. The van der Waals surface area contributed by atoms with E-state index in [4.69, 9.17) is 0 Å². The van der Waals surface area contributed by atoms with Crippen LogP contribution in [0.4, 0.5) is 0 Å². The molecule has 23 heavy (non-hydrogen) atoms. The molecule has 1 aliphatic heterocycles. The molecule has 2 amide bonds. The van der Waals surface area contributed by atoms with Gasteiger partial charge in [-0.25, -0.2) is 4.79 Å². The fourth-order valence-electron chi connectivity index (χ4n) is 2.43. The number of aromatic nitrogens is 2. The molecule has 0 saturated carbocycles. The molecule has 0 bridgehead atoms. The van der Waals surface area contributed by atoms with E-state index in [0.717, 1.165) is 0 Å². The van der Waals surface area contributed by atoms with E-state index in [-0.39, 0.29) is 18.4 Å². The Labute approximate surface area is 132 Å². The predicted molar refractivity (Wildman–Crippen MR) is 83.0 cm³/mol. The van der Waals surface area contributed by atoms with Crippen LogP contribution in [0.1, 0.15) is 6.92 Å². The Balaban J connectivity index is 1.85. The van der Waals surface area contributed by atoms with Gasteiger partial charge < -0.3 is 10.2 Å². The van der Waals surface area contributed by atoms with Gasteiger partial charge in [0.1, 0.15) is 6.54 Å². The van der Waals surface area contributed by atoms with Gasteiger partial charge in [-0.15, -0.1) is 0 Å². The average Bonchev–Trinajstić information content (AvgIpc) is 2.51. The normalized spacial score (nSPS) is 15.4. The molecule has 0 unspecified atom stereocenters. The standard InChI is InChI=1S/C14H21N5O4/c1-2-15-12(21)9-17-5-7-18(8-6-17)13(22)10-19-4-3-11(20)16-14(19)23/h3-4H,2,5-10H2,1H3,(H,15,21)(H,16,20,23). The maximum atomic E-state index is 12.2. The molecule has 2 N–H and O–H groups in total. The summed E-state index contributed by atoms with van der Waals surface area (Å²) in [5, 5.41) is 2.74. The lowest BCUT2D eigenvalue weighted by Crippen LogP contribution is -2.52. The highest BCUT2D eigenvalue weighted by Crippen LogP contribution is 2.02. The third kappa shape index (κ3) is 4.78. The minimum atomic E-state index is -0.597. The summed E-state index contributed by atoms with van der Waals surface area (Å²) in [4.78, 5) is 52.1. The van der Waals surface area contributed by atoms with E-state index in [2.05, 4.69) is 10.3 Å². The third-order valence-electron chi connectivity index (χ3n) is 3.67. The average molecular weight is 323 g/mol. The van der Waals surface area contributed by atoms with Crippen molar-refractivity contribution in [3.8, 4) is 0 Å². The van der Waals surface area contributed by atoms with Crippen molar-refractivity contribution < 1.29 is 9.59 Å². The molecule has 0 aliphatic carbocycles. The Bertz CT molecular complexity index is 672. The van der Waals surface area contributed by atoms with E-state index in [1.54, 1.807) is 4.90 Å². The minimum Gasteiger partial charge on any atom is -0.355 e. The highest BCUT2D eigenvalue weighted by Gasteiger charge is 2.22. The van der Waals surface area contributed by atoms with E-state index in [1.807, 2.05) is 11.8 Å². The maximum Gasteiger partial charge on any atom is 0.328 e. The van der Waals surface area contributed by atoms with Gasteiger partial charge in [0.2, 0.25) is 11.8 Å². The molecule has 1 aliphatic rings. The van der Waals surface area contributed by atoms with E-state index in [0.29, 0.717) is 39.3 Å². The number of likely N-dealkylation sites (N-methyl/N-ethyl adjacent to an activating group) is 1. The number of hydrogen-bond acceptors (Lipinski definition) is 5. The zero-order valence-corrected chi connectivity index (χ0v) is 13.1. The number of rotatable bonds is 5. The number of nitrogens with zero attached hydrogens (tertiary/aromatic N) is 3. The Morgan fingerprint density at radius 3 is 2.48 bits per heavy atom. The topological polar surface area (TPSA) is 108 Å². The van der Waals surface area contributed by atoms with Crippen LogP contribution in [0.15, 0.2) is 21.9 Å². The van der Waals surface area contributed by atoms with Crippen molar-refractivity contribution >= 4 is 11.8 Å². The molecule has 0 radical (unpaired) electrons. The van der Waals surface area contributed by atoms with Gasteiger partial charge in [0.15, 0.2) is 0 Å². The molecule has 1 aromatic rings. The molecule has 1 aromatic heterocycles. The summed E-state index contributed by atoms with van der Waals surface area (Å²) in [6, 6.07) is 1.21. The first kappa shape index (κ1) is 16.9. The summed E-state index contributed by atoms with van der Waals surface area (Å²) < 4.78 is 1.17. The molecule has 0 aromatic carbocycles. The van der Waals surface area contributed by atoms with Crippen LogP contribution in [0.5, 0.6) is 0 Å². The first-order valence-corrected chi connectivity index (χ1v) is 7.56. The lowest BCUT2D eigenvalue weighted by molar-refractivity contribution is -0.134. The lowest BCUT2D eigenvalue weighted by atomic mass is 10.3. The zero-order chi connectivity index (χ0) is 16.8. The van der Waals surface area contributed by atoms with Crippen molar-refractivity contribution in [2.24, 2.45) is 0 Å². The second-order valence-corrected chi connectivity index (χ2v) is 5.35. The number of piperazine rings is 1. The van der Waals surface area contributed by atoms with Crippen molar-refractivity contribution in [1.29, 1.82) is 0 Å². The summed E-state index contributed by atoms with van der Waals surface area (Å²) in [7, 11) is 0. The highest BCUT2D eigenvalue weighted by atomic mass is 16.2. The number of aromatic amines is 1. The van der Waals surface area contributed by atoms with Crippen molar-refractivity contribution in [2.75, 3.05) is 39.3 Å². The molecule has 1 fully saturated rings. The van der Waals surface area contributed by atoms with E-state index >= 15 is 0 Å². The summed E-state index contributed by atoms with van der Waals surface area (Å²) in [5.41, 5.74) is -1.08. The van der Waals surface area contributed by atoms with Crippen molar-refractivity contribution in [1.82, 2.24) is 24.7 Å². The number of carbonyl (C=O) groups is 2. The maximum absolute atomic E-state index is 12.2. The molecule has 2 heterocycles. The van der Waals surface area contributed by atoms with Gasteiger partial charge in [0.25, 0.3) is 5.56 Å². The quantitative estimate of drug-likeness (QED) is 0.640. The lowest BCUT2D eigenvalue weighted by Gasteiger charge is -2.34. The third-order valence-corrected chi connectivity index (χ3v) is 3.67. The van der Waals surface area contributed by atoms with Crippen LogP contribution in [0, 0.1) is 0 Å². The minimum absolute atomic E-state index is 0.0212. The van der Waals surface area contributed by atoms with Crippen LogP contribution in [0.3, 0.4) is 0 Å². The van der Waals surface area contributed by atoms with Gasteiger partial charge in [0, 0.05) is 45.0 Å². The largest absolute Gasteiger partial charge is 0.355 e. The smallest absolute Gasteiger partial charge is 0.328 e. The van der Waals surface area contributed by atoms with Gasteiger partial charge in [-0.3, -0.25) is 28.8 Å². The Kier molecular flexibility index (Phi) is 5.69. The molecule has 9 heteroatoms. The SMILES string of the molecule is CCNC(=O)CN1CCN(C(=O)Cn2ccc(=O)[nH]c2=O)CC1. The Hall–Kier alpha value is -2.42. The summed E-state index contributed by atoms with van der Waals surface area (Å²) >= 11 is 0. The monoisotopic (exact) mass is 323 g/mol. The van der Waals surface area contributed by atoms with Crippen molar-refractivity contribution in [3.05, 3.63) is 33.1 Å². The highest BCUT2D eigenvalue weighted by molar-refractivity contribution is 5.78. The molecule has 0 spiro atoms. The zero-order valence-electron chi connectivity index (χ0n) is 13.1. The van der Waals surface area contributed by atoms with Gasteiger partial charge in [-0.05, 0) is 6.92 Å². The van der Waals surface area contributed by atoms with Gasteiger partial charge in [-0.2, -0.15) is 0 Å². The first-order chi connectivity index (χ1) is 11.0. The molecule has 1 saturated heterocycles. The van der Waals surface area contributed by atoms with Crippen LogP contribution in [0.2, 0.25) is 0 Å². The predicted octanol–water partition coefficient (Wildman–Crippen LogP) is -2.18. The van der Waals surface area contributed by atoms with Crippen LogP contribution in [-0.2, 0) is 16.1 Å². The number of carbonyl (C=O) groups excluding carboxylic acids is 2. The fourth-order valence-corrected chi connectivity index (χ4v) is 2.43. The molecule has 9 nitrogen and oxygen atoms in total. The summed E-state index contributed by atoms with van der Waals surface area (Å²) in [5.74, 6) is -0.205. The van der Waals surface area contributed by atoms with E-state index in [9.17, 15) is 19.2 Å². The number of H-pyrrole nitrogens is 1. The van der Waals surface area contributed by atoms with E-state index in [1.165, 1.54) is 16.8 Å². The van der Waals surface area contributed by atoms with Gasteiger partial charge >= 0.3 is 5.69 Å². The fraction of sp³-hybridized carbons (Fsp3) is 0.571. The summed E-state index contributed by atoms with van der Waals surface area (Å²) in [6.45, 7) is 4.94. The Morgan fingerprint density at radius 2 is 1.87 bits per heavy atom. The van der Waals surface area contributed by atoms with Crippen molar-refractivity contribution in [2.45, 2.75) is 13.5 Å². The molecule has 126 valence electrons. The van der Waals surface area contributed by atoms with Crippen LogP contribution >= 0.6 is 0 Å². The number of amides is 2. The molecule has 0 atom stereocenters. The van der Waals surface area contributed by atoms with Crippen LogP contribution in [-0.4, -0.2) is 70.4 Å². The van der Waals surface area contributed by atoms with Gasteiger partial charge in [-0.1, -0.05) is 0 Å². The van der Waals surface area contributed by atoms with Crippen molar-refractivity contribution in [3.63, 3.8) is 0 Å². The van der Waals surface area contributed by atoms with Crippen LogP contribution in [0.25, 0.3) is 0 Å². The summed E-state index contributed by atoms with van der Waals surface area (Å²) in [6.07, 6.45) is 1.31. The Morgan fingerprint density at radius 1 is 1.17 bits per heavy atom. The molecular weight excluding hydrogens is 302 g/mol. The second-order valence-electron chi connectivity index (χ2n) is 5.35.